The van der Waals surface area contributed by atoms with Gasteiger partial charge in [0.05, 0.1) is 0 Å². The predicted molar refractivity (Wildman–Crippen MR) is 81.3 cm³/mol. The zero-order valence-electron chi connectivity index (χ0n) is 12.9. The van der Waals surface area contributed by atoms with Crippen LogP contribution in [0, 0.1) is 17.8 Å². The number of hydrogen-bond acceptors (Lipinski definition) is 2. The van der Waals surface area contributed by atoms with Crippen molar-refractivity contribution in [3.05, 3.63) is 0 Å². The van der Waals surface area contributed by atoms with Gasteiger partial charge in [0.1, 0.15) is 0 Å². The molecule has 1 heterocycles. The Balaban J connectivity index is 1.46. The van der Waals surface area contributed by atoms with Gasteiger partial charge in [0, 0.05) is 25.2 Å². The molecule has 0 radical (unpaired) electrons. The summed E-state index contributed by atoms with van der Waals surface area (Å²) in [7, 11) is 0. The van der Waals surface area contributed by atoms with Crippen molar-refractivity contribution in [2.45, 2.75) is 70.9 Å². The first kappa shape index (κ1) is 13.9. The van der Waals surface area contributed by atoms with Crippen molar-refractivity contribution in [3.8, 4) is 0 Å². The van der Waals surface area contributed by atoms with Crippen LogP contribution in [0.25, 0.3) is 0 Å². The lowest BCUT2D eigenvalue weighted by atomic mass is 9.89. The molecule has 3 aliphatic rings. The summed E-state index contributed by atoms with van der Waals surface area (Å²) in [5.41, 5.74) is 0. The zero-order chi connectivity index (χ0) is 13.2. The predicted octanol–water partition coefficient (Wildman–Crippen LogP) is 3.28. The third-order valence-corrected chi connectivity index (χ3v) is 5.15. The Labute approximate surface area is 119 Å². The molecule has 0 aromatic rings. The van der Waals surface area contributed by atoms with E-state index in [4.69, 9.17) is 0 Å². The minimum absolute atomic E-state index is 0.775. The molecule has 2 atom stereocenters. The molecule has 110 valence electrons. The maximum absolute atomic E-state index is 3.85. The lowest BCUT2D eigenvalue weighted by Gasteiger charge is -2.38. The van der Waals surface area contributed by atoms with Crippen LogP contribution in [0.2, 0.25) is 0 Å². The van der Waals surface area contributed by atoms with Gasteiger partial charge in [-0.05, 0) is 56.4 Å². The van der Waals surface area contributed by atoms with Gasteiger partial charge in [0.2, 0.25) is 0 Å². The average Bonchev–Trinajstić information content (AvgIpc) is 3.23. The summed E-state index contributed by atoms with van der Waals surface area (Å²) >= 11 is 0. The lowest BCUT2D eigenvalue weighted by Crippen LogP contribution is -2.50. The van der Waals surface area contributed by atoms with Gasteiger partial charge in [0.15, 0.2) is 0 Å². The Bertz CT molecular complexity index is 281. The highest BCUT2D eigenvalue weighted by Crippen LogP contribution is 2.39. The Hall–Kier alpha value is -0.0800. The van der Waals surface area contributed by atoms with Crippen molar-refractivity contribution in [3.63, 3.8) is 0 Å². The number of likely N-dealkylation sites (tertiary alicyclic amines) is 1. The molecule has 0 aromatic carbocycles. The molecule has 1 saturated heterocycles. The molecule has 3 rings (SSSR count). The highest BCUT2D eigenvalue weighted by molar-refractivity contribution is 4.93. The molecule has 3 fully saturated rings. The van der Waals surface area contributed by atoms with Crippen LogP contribution in [0.5, 0.6) is 0 Å². The van der Waals surface area contributed by atoms with Gasteiger partial charge in [-0.3, -0.25) is 4.90 Å². The molecule has 1 N–H and O–H groups in total. The Kier molecular flexibility index (Phi) is 4.48. The number of hydrogen-bond donors (Lipinski definition) is 1. The van der Waals surface area contributed by atoms with E-state index in [2.05, 4.69) is 24.1 Å². The summed E-state index contributed by atoms with van der Waals surface area (Å²) in [6.45, 7) is 8.61. The molecule has 1 aliphatic heterocycles. The van der Waals surface area contributed by atoms with E-state index in [9.17, 15) is 0 Å². The summed E-state index contributed by atoms with van der Waals surface area (Å²) in [6.07, 6.45) is 10.3. The van der Waals surface area contributed by atoms with Crippen LogP contribution in [0.1, 0.15) is 58.8 Å². The van der Waals surface area contributed by atoms with Gasteiger partial charge in [-0.1, -0.05) is 26.7 Å². The van der Waals surface area contributed by atoms with Gasteiger partial charge < -0.3 is 5.32 Å². The molecule has 19 heavy (non-hydrogen) atoms. The highest BCUT2D eigenvalue weighted by Gasteiger charge is 2.37. The lowest BCUT2D eigenvalue weighted by molar-refractivity contribution is 0.125. The largest absolute Gasteiger partial charge is 0.313 e. The number of rotatable bonds is 7. The van der Waals surface area contributed by atoms with Gasteiger partial charge >= 0.3 is 0 Å². The van der Waals surface area contributed by atoms with Crippen molar-refractivity contribution in [1.29, 1.82) is 0 Å². The van der Waals surface area contributed by atoms with E-state index in [0.717, 1.165) is 29.8 Å². The van der Waals surface area contributed by atoms with Crippen LogP contribution in [0.15, 0.2) is 0 Å². The molecule has 2 unspecified atom stereocenters. The van der Waals surface area contributed by atoms with Gasteiger partial charge in [0.25, 0.3) is 0 Å². The normalized spacial score (nSPS) is 33.0. The summed E-state index contributed by atoms with van der Waals surface area (Å²) in [4.78, 5) is 2.81. The molecule has 2 aliphatic carbocycles. The Morgan fingerprint density at radius 3 is 2.47 bits per heavy atom. The smallest absolute Gasteiger partial charge is 0.0198 e. The van der Waals surface area contributed by atoms with Crippen LogP contribution in [-0.2, 0) is 0 Å². The summed E-state index contributed by atoms with van der Waals surface area (Å²) in [5, 5.41) is 3.85. The molecular formula is C17H32N2. The fraction of sp³-hybridized carbons (Fsp3) is 1.00. The SMILES string of the molecule is CC(C)CCNC1CC(CC2CC2)CN(C2CC2)C1. The van der Waals surface area contributed by atoms with E-state index >= 15 is 0 Å². The van der Waals surface area contributed by atoms with Gasteiger partial charge in [-0.25, -0.2) is 0 Å². The van der Waals surface area contributed by atoms with Crippen LogP contribution < -0.4 is 5.32 Å². The fourth-order valence-corrected chi connectivity index (χ4v) is 3.70. The standard InChI is InChI=1S/C17H32N2/c1-13(2)7-8-18-16-10-15(9-14-3-4-14)11-19(12-16)17-5-6-17/h13-18H,3-12H2,1-2H3. The second kappa shape index (κ2) is 6.13. The molecule has 2 heteroatoms. The maximum atomic E-state index is 3.85. The van der Waals surface area contributed by atoms with E-state index in [1.165, 1.54) is 64.6 Å². The van der Waals surface area contributed by atoms with Crippen LogP contribution in [-0.4, -0.2) is 36.6 Å². The third kappa shape index (κ3) is 4.46. The van der Waals surface area contributed by atoms with Crippen LogP contribution in [0.4, 0.5) is 0 Å². The number of nitrogens with zero attached hydrogens (tertiary/aromatic N) is 1. The van der Waals surface area contributed by atoms with Crippen molar-refractivity contribution in [2.75, 3.05) is 19.6 Å². The minimum atomic E-state index is 0.775. The van der Waals surface area contributed by atoms with E-state index in [1.807, 2.05) is 0 Å². The maximum Gasteiger partial charge on any atom is 0.0198 e. The molecule has 0 spiro atoms. The topological polar surface area (TPSA) is 15.3 Å². The van der Waals surface area contributed by atoms with Crippen molar-refractivity contribution < 1.29 is 0 Å². The first-order valence-corrected chi connectivity index (χ1v) is 8.68. The Morgan fingerprint density at radius 1 is 1.05 bits per heavy atom. The minimum Gasteiger partial charge on any atom is -0.313 e. The van der Waals surface area contributed by atoms with Crippen molar-refractivity contribution in [1.82, 2.24) is 10.2 Å². The van der Waals surface area contributed by atoms with E-state index in [-0.39, 0.29) is 0 Å². The van der Waals surface area contributed by atoms with E-state index in [1.54, 1.807) is 0 Å². The van der Waals surface area contributed by atoms with Crippen molar-refractivity contribution in [2.24, 2.45) is 17.8 Å². The summed E-state index contributed by atoms with van der Waals surface area (Å²) < 4.78 is 0. The molecule has 2 nitrogen and oxygen atoms in total. The molecule has 0 amide bonds. The molecule has 0 bridgehead atoms. The van der Waals surface area contributed by atoms with E-state index < -0.39 is 0 Å². The second-order valence-corrected chi connectivity index (χ2v) is 7.80. The highest BCUT2D eigenvalue weighted by atomic mass is 15.2. The first-order valence-electron chi connectivity index (χ1n) is 8.68. The number of piperidine rings is 1. The quantitative estimate of drug-likeness (QED) is 0.759. The van der Waals surface area contributed by atoms with Crippen LogP contribution >= 0.6 is 0 Å². The monoisotopic (exact) mass is 264 g/mol. The molecule has 2 saturated carbocycles. The Morgan fingerprint density at radius 2 is 1.84 bits per heavy atom. The van der Waals surface area contributed by atoms with Gasteiger partial charge in [-0.2, -0.15) is 0 Å². The van der Waals surface area contributed by atoms with E-state index in [0.29, 0.717) is 0 Å². The summed E-state index contributed by atoms with van der Waals surface area (Å²) in [6, 6.07) is 1.73. The zero-order valence-corrected chi connectivity index (χ0v) is 12.9. The summed E-state index contributed by atoms with van der Waals surface area (Å²) in [5.74, 6) is 2.91. The first-order chi connectivity index (χ1) is 9.20. The second-order valence-electron chi connectivity index (χ2n) is 7.80. The number of nitrogens with one attached hydrogen (secondary N) is 1. The van der Waals surface area contributed by atoms with Crippen LogP contribution in [0.3, 0.4) is 0 Å². The third-order valence-electron chi connectivity index (χ3n) is 5.15. The fourth-order valence-electron chi connectivity index (χ4n) is 3.70. The molecular weight excluding hydrogens is 232 g/mol. The molecule has 0 aromatic heterocycles. The van der Waals surface area contributed by atoms with Crippen molar-refractivity contribution >= 4 is 0 Å². The van der Waals surface area contributed by atoms with Gasteiger partial charge in [-0.15, -0.1) is 0 Å². The average molecular weight is 264 g/mol.